The van der Waals surface area contributed by atoms with Gasteiger partial charge in [0.15, 0.2) is 10.9 Å². The van der Waals surface area contributed by atoms with Crippen molar-refractivity contribution in [3.63, 3.8) is 0 Å². The van der Waals surface area contributed by atoms with Crippen LogP contribution in [0.25, 0.3) is 6.08 Å². The fourth-order valence-electron chi connectivity index (χ4n) is 5.29. The molecule has 5 rings (SSSR count). The molecule has 37 heavy (non-hydrogen) atoms. The number of amidine groups is 1. The summed E-state index contributed by atoms with van der Waals surface area (Å²) >= 11 is 14.5. The normalized spacial score (nSPS) is 21.8. The van der Waals surface area contributed by atoms with E-state index in [0.29, 0.717) is 26.7 Å². The summed E-state index contributed by atoms with van der Waals surface area (Å²) in [5.74, 6) is 0.0875. The Bertz CT molecular complexity index is 1170. The molecular weight excluding hydrogens is 530 g/mol. The molecule has 0 aromatic heterocycles. The topological polar surface area (TPSA) is 41.9 Å². The molecule has 1 saturated heterocycles. The summed E-state index contributed by atoms with van der Waals surface area (Å²) in [5.41, 5.74) is 1.54. The van der Waals surface area contributed by atoms with Gasteiger partial charge in [0.05, 0.1) is 21.0 Å². The highest BCUT2D eigenvalue weighted by Crippen LogP contribution is 2.40. The smallest absolute Gasteiger partial charge is 0.266 e. The number of hydrogen-bond donors (Lipinski definition) is 0. The van der Waals surface area contributed by atoms with Gasteiger partial charge in [0.25, 0.3) is 5.91 Å². The van der Waals surface area contributed by atoms with Gasteiger partial charge in [-0.3, -0.25) is 14.7 Å². The van der Waals surface area contributed by atoms with Crippen molar-refractivity contribution in [2.24, 2.45) is 4.99 Å². The van der Waals surface area contributed by atoms with E-state index in [9.17, 15) is 9.18 Å². The first-order chi connectivity index (χ1) is 18.0. The fourth-order valence-corrected chi connectivity index (χ4v) is 7.01. The molecule has 0 radical (unpaired) electrons. The summed E-state index contributed by atoms with van der Waals surface area (Å²) in [4.78, 5) is 21.3. The number of halogens is 3. The van der Waals surface area contributed by atoms with Gasteiger partial charge in [-0.15, -0.1) is 0 Å². The van der Waals surface area contributed by atoms with Crippen LogP contribution in [0.5, 0.6) is 5.75 Å². The number of aliphatic imine (C=N–C) groups is 1. The second kappa shape index (κ2) is 12.2. The third kappa shape index (κ3) is 6.52. The van der Waals surface area contributed by atoms with Crippen LogP contribution in [-0.4, -0.2) is 28.1 Å². The van der Waals surface area contributed by atoms with Gasteiger partial charge in [-0.25, -0.2) is 4.39 Å². The number of carbonyl (C=O) groups is 1. The standard InChI is InChI=1S/C29H31Cl2FN2O2S/c30-24-15-20(16-25(31)27(24)36-18-19-11-13-21(32)14-12-19)17-26-28(35)34(23-9-5-2-6-10-23)29(37-26)33-22-7-3-1-4-8-22/h11-17,22-23H,1-10,18H2. The number of hydrogen-bond acceptors (Lipinski definition) is 4. The Morgan fingerprint density at radius 2 is 1.59 bits per heavy atom. The average molecular weight is 562 g/mol. The van der Waals surface area contributed by atoms with E-state index in [0.717, 1.165) is 54.8 Å². The van der Waals surface area contributed by atoms with E-state index in [4.69, 9.17) is 32.9 Å². The average Bonchev–Trinajstić information content (AvgIpc) is 3.19. The van der Waals surface area contributed by atoms with Crippen LogP contribution in [0, 0.1) is 5.82 Å². The number of ether oxygens (including phenoxy) is 1. The van der Waals surface area contributed by atoms with Gasteiger partial charge in [-0.2, -0.15) is 0 Å². The van der Waals surface area contributed by atoms with Gasteiger partial charge in [-0.05, 0) is 78.9 Å². The summed E-state index contributed by atoms with van der Waals surface area (Å²) in [5, 5.41) is 1.57. The van der Waals surface area contributed by atoms with Gasteiger partial charge in [0, 0.05) is 6.04 Å². The van der Waals surface area contributed by atoms with Crippen LogP contribution in [0.3, 0.4) is 0 Å². The zero-order valence-corrected chi connectivity index (χ0v) is 23.1. The van der Waals surface area contributed by atoms with Crippen molar-refractivity contribution in [2.45, 2.75) is 82.9 Å². The van der Waals surface area contributed by atoms with E-state index < -0.39 is 0 Å². The molecule has 1 amide bonds. The van der Waals surface area contributed by atoms with E-state index in [2.05, 4.69) is 0 Å². The fraction of sp³-hybridized carbons (Fsp3) is 0.448. The third-order valence-corrected chi connectivity index (χ3v) is 8.82. The number of thioether (sulfide) groups is 1. The molecule has 4 nitrogen and oxygen atoms in total. The largest absolute Gasteiger partial charge is 0.486 e. The molecule has 3 fully saturated rings. The van der Waals surface area contributed by atoms with Gasteiger partial charge < -0.3 is 4.74 Å². The molecule has 0 N–H and O–H groups in total. The van der Waals surface area contributed by atoms with Crippen molar-refractivity contribution >= 4 is 52.1 Å². The lowest BCUT2D eigenvalue weighted by Crippen LogP contribution is -2.41. The maximum Gasteiger partial charge on any atom is 0.266 e. The third-order valence-electron chi connectivity index (χ3n) is 7.26. The van der Waals surface area contributed by atoms with Crippen molar-refractivity contribution in [3.8, 4) is 5.75 Å². The number of carbonyl (C=O) groups excluding carboxylic acids is 1. The van der Waals surface area contributed by atoms with E-state index in [1.807, 2.05) is 11.0 Å². The van der Waals surface area contributed by atoms with E-state index >= 15 is 0 Å². The quantitative estimate of drug-likeness (QED) is 0.332. The first kappa shape index (κ1) is 26.6. The van der Waals surface area contributed by atoms with E-state index in [-0.39, 0.29) is 24.4 Å². The lowest BCUT2D eigenvalue weighted by Gasteiger charge is -2.31. The first-order valence-electron chi connectivity index (χ1n) is 13.1. The van der Waals surface area contributed by atoms with Gasteiger partial charge in [0.1, 0.15) is 12.4 Å². The molecule has 196 valence electrons. The van der Waals surface area contributed by atoms with Crippen LogP contribution in [0.4, 0.5) is 4.39 Å². The van der Waals surface area contributed by atoms with Crippen LogP contribution in [0.15, 0.2) is 46.3 Å². The van der Waals surface area contributed by atoms with Crippen LogP contribution >= 0.6 is 35.0 Å². The van der Waals surface area contributed by atoms with Crippen LogP contribution in [0.2, 0.25) is 10.0 Å². The Hall–Kier alpha value is -2.02. The Labute approximate surface area is 232 Å². The minimum absolute atomic E-state index is 0.0235. The van der Waals surface area contributed by atoms with Gasteiger partial charge in [-0.1, -0.05) is 73.9 Å². The van der Waals surface area contributed by atoms with Crippen molar-refractivity contribution in [2.75, 3.05) is 0 Å². The zero-order chi connectivity index (χ0) is 25.8. The molecule has 1 heterocycles. The predicted molar refractivity (Wildman–Crippen MR) is 151 cm³/mol. The lowest BCUT2D eigenvalue weighted by atomic mass is 9.94. The number of amides is 1. The van der Waals surface area contributed by atoms with Crippen molar-refractivity contribution in [1.82, 2.24) is 4.90 Å². The maximum atomic E-state index is 13.6. The molecule has 2 saturated carbocycles. The molecule has 2 aliphatic carbocycles. The maximum absolute atomic E-state index is 13.6. The molecule has 0 bridgehead atoms. The molecule has 8 heteroatoms. The highest BCUT2D eigenvalue weighted by atomic mass is 35.5. The van der Waals surface area contributed by atoms with E-state index in [1.54, 1.807) is 24.3 Å². The van der Waals surface area contributed by atoms with Crippen LogP contribution in [-0.2, 0) is 11.4 Å². The Kier molecular flexibility index (Phi) is 8.78. The van der Waals surface area contributed by atoms with Gasteiger partial charge in [0.2, 0.25) is 0 Å². The molecular formula is C29H31Cl2FN2O2S. The highest BCUT2D eigenvalue weighted by molar-refractivity contribution is 8.18. The lowest BCUT2D eigenvalue weighted by molar-refractivity contribution is -0.124. The van der Waals surface area contributed by atoms with Crippen molar-refractivity contribution in [3.05, 3.63) is 68.3 Å². The zero-order valence-electron chi connectivity index (χ0n) is 20.7. The molecule has 0 unspecified atom stereocenters. The second-order valence-corrected chi connectivity index (χ2v) is 11.8. The first-order valence-corrected chi connectivity index (χ1v) is 14.7. The molecule has 2 aromatic carbocycles. The molecule has 0 spiro atoms. The Morgan fingerprint density at radius 3 is 2.24 bits per heavy atom. The predicted octanol–water partition coefficient (Wildman–Crippen LogP) is 8.65. The van der Waals surface area contributed by atoms with Crippen molar-refractivity contribution < 1.29 is 13.9 Å². The molecule has 2 aromatic rings. The van der Waals surface area contributed by atoms with E-state index in [1.165, 1.54) is 49.6 Å². The summed E-state index contributed by atoms with van der Waals surface area (Å²) < 4.78 is 19.0. The van der Waals surface area contributed by atoms with Gasteiger partial charge >= 0.3 is 0 Å². The Balaban J connectivity index is 1.37. The molecule has 3 aliphatic rings. The monoisotopic (exact) mass is 560 g/mol. The number of nitrogens with zero attached hydrogens (tertiary/aromatic N) is 2. The van der Waals surface area contributed by atoms with Crippen LogP contribution < -0.4 is 4.74 Å². The second-order valence-electron chi connectivity index (χ2n) is 10.0. The summed E-state index contributed by atoms with van der Waals surface area (Å²) in [6, 6.07) is 10.1. The molecule has 1 aliphatic heterocycles. The number of benzene rings is 2. The summed E-state index contributed by atoms with van der Waals surface area (Å²) in [6.45, 7) is 0.214. The van der Waals surface area contributed by atoms with Crippen LogP contribution in [0.1, 0.15) is 75.3 Å². The number of rotatable bonds is 6. The summed E-state index contributed by atoms with van der Waals surface area (Å²) in [7, 11) is 0. The highest BCUT2D eigenvalue weighted by Gasteiger charge is 2.39. The molecule has 0 atom stereocenters. The van der Waals surface area contributed by atoms with Crippen molar-refractivity contribution in [1.29, 1.82) is 0 Å². The SMILES string of the molecule is O=C1C(=Cc2cc(Cl)c(OCc3ccc(F)cc3)c(Cl)c2)SC(=NC2CCCCC2)N1C1CCCCC1. The Morgan fingerprint density at radius 1 is 0.973 bits per heavy atom. The minimum atomic E-state index is -0.300. The minimum Gasteiger partial charge on any atom is -0.486 e. The summed E-state index contributed by atoms with van der Waals surface area (Å²) in [6.07, 6.45) is 13.3.